The van der Waals surface area contributed by atoms with Crippen LogP contribution in [0.3, 0.4) is 0 Å². The molecule has 0 unspecified atom stereocenters. The zero-order chi connectivity index (χ0) is 18.5. The van der Waals surface area contributed by atoms with Gasteiger partial charge in [-0.15, -0.1) is 0 Å². The molecule has 1 aromatic heterocycles. The van der Waals surface area contributed by atoms with Gasteiger partial charge in [0.05, 0.1) is 5.60 Å². The fraction of sp³-hybridized carbons (Fsp3) is 0.450. The van der Waals surface area contributed by atoms with Crippen molar-refractivity contribution < 1.29 is 9.53 Å². The molecule has 0 radical (unpaired) electrons. The number of carbonyl (C=O) groups excluding carboxylic acids is 1. The first kappa shape index (κ1) is 17.9. The summed E-state index contributed by atoms with van der Waals surface area (Å²) in [6, 6.07) is 10.2. The van der Waals surface area contributed by atoms with E-state index in [2.05, 4.69) is 37.6 Å². The molecule has 2 fully saturated rings. The number of rotatable bonds is 5. The van der Waals surface area contributed by atoms with Gasteiger partial charge in [-0.05, 0) is 18.4 Å². The van der Waals surface area contributed by atoms with Crippen molar-refractivity contribution in [2.45, 2.75) is 31.5 Å². The molecule has 2 N–H and O–H groups in total. The van der Waals surface area contributed by atoms with Crippen LogP contribution in [0.4, 0.5) is 5.95 Å². The topological polar surface area (TPSA) is 79.4 Å². The number of piperidine rings is 1. The van der Waals surface area contributed by atoms with Crippen molar-refractivity contribution in [1.82, 2.24) is 20.2 Å². The summed E-state index contributed by atoms with van der Waals surface area (Å²) in [4.78, 5) is 22.5. The molecule has 1 aromatic carbocycles. The fourth-order valence-corrected chi connectivity index (χ4v) is 3.58. The lowest BCUT2D eigenvalue weighted by molar-refractivity contribution is -0.150. The second-order valence-corrected chi connectivity index (χ2v) is 7.28. The van der Waals surface area contributed by atoms with Crippen LogP contribution < -0.4 is 10.6 Å². The highest BCUT2D eigenvalue weighted by atomic mass is 16.5. The third-order valence-electron chi connectivity index (χ3n) is 5.29. The monoisotopic (exact) mass is 367 g/mol. The Hall–Kier alpha value is -2.51. The first-order valence-corrected chi connectivity index (χ1v) is 9.43. The molecule has 4 rings (SSSR count). The van der Waals surface area contributed by atoms with Gasteiger partial charge in [0.2, 0.25) is 11.9 Å². The second kappa shape index (κ2) is 8.02. The standard InChI is InChI=1S/C20H25N5O2/c26-18-14-27-20(15-24-18)6-8-25(9-7-20)13-17-11-22-19(23-12-17)21-10-16-4-2-1-3-5-16/h1-5,11-12H,6-10,13-15H2,(H,24,26)(H,21,22,23). The number of benzene rings is 1. The van der Waals surface area contributed by atoms with Gasteiger partial charge in [-0.1, -0.05) is 30.3 Å². The number of likely N-dealkylation sites (tertiary alicyclic amines) is 1. The minimum Gasteiger partial charge on any atom is -0.363 e. The van der Waals surface area contributed by atoms with E-state index in [1.807, 2.05) is 30.6 Å². The Balaban J connectivity index is 1.25. The van der Waals surface area contributed by atoms with Gasteiger partial charge >= 0.3 is 0 Å². The van der Waals surface area contributed by atoms with Crippen LogP contribution >= 0.6 is 0 Å². The SMILES string of the molecule is O=C1COC2(CCN(Cc3cnc(NCc4ccccc4)nc3)CC2)CN1. The molecule has 7 nitrogen and oxygen atoms in total. The zero-order valence-electron chi connectivity index (χ0n) is 15.4. The van der Waals surface area contributed by atoms with Gasteiger partial charge in [0.25, 0.3) is 0 Å². The number of carbonyl (C=O) groups is 1. The highest BCUT2D eigenvalue weighted by Gasteiger charge is 2.38. The van der Waals surface area contributed by atoms with E-state index in [1.54, 1.807) is 0 Å². The number of hydrogen-bond acceptors (Lipinski definition) is 6. The lowest BCUT2D eigenvalue weighted by Crippen LogP contribution is -2.57. The second-order valence-electron chi connectivity index (χ2n) is 7.28. The lowest BCUT2D eigenvalue weighted by atomic mass is 9.90. The Labute approximate surface area is 159 Å². The van der Waals surface area contributed by atoms with E-state index in [0.29, 0.717) is 19.0 Å². The lowest BCUT2D eigenvalue weighted by Gasteiger charge is -2.43. The van der Waals surface area contributed by atoms with Gasteiger partial charge in [-0.25, -0.2) is 9.97 Å². The van der Waals surface area contributed by atoms with E-state index in [0.717, 1.165) is 38.0 Å². The summed E-state index contributed by atoms with van der Waals surface area (Å²) < 4.78 is 5.82. The molecule has 2 saturated heterocycles. The Bertz CT molecular complexity index is 746. The van der Waals surface area contributed by atoms with Gasteiger partial charge in [-0.2, -0.15) is 0 Å². The van der Waals surface area contributed by atoms with Crippen molar-refractivity contribution in [2.75, 3.05) is 31.6 Å². The highest BCUT2D eigenvalue weighted by Crippen LogP contribution is 2.28. The molecule has 0 aliphatic carbocycles. The van der Waals surface area contributed by atoms with E-state index in [1.165, 1.54) is 5.56 Å². The molecule has 142 valence electrons. The van der Waals surface area contributed by atoms with E-state index in [-0.39, 0.29) is 18.1 Å². The van der Waals surface area contributed by atoms with Gasteiger partial charge in [-0.3, -0.25) is 9.69 Å². The quantitative estimate of drug-likeness (QED) is 0.835. The zero-order valence-corrected chi connectivity index (χ0v) is 15.4. The van der Waals surface area contributed by atoms with Gasteiger partial charge < -0.3 is 15.4 Å². The Kier molecular flexibility index (Phi) is 5.31. The molecule has 2 aliphatic rings. The highest BCUT2D eigenvalue weighted by molar-refractivity contribution is 5.78. The predicted molar refractivity (Wildman–Crippen MR) is 102 cm³/mol. The predicted octanol–water partition coefficient (Wildman–Crippen LogP) is 1.57. The molecule has 27 heavy (non-hydrogen) atoms. The third kappa shape index (κ3) is 4.61. The Morgan fingerprint density at radius 1 is 1.11 bits per heavy atom. The average Bonchev–Trinajstić information content (AvgIpc) is 2.72. The van der Waals surface area contributed by atoms with E-state index in [9.17, 15) is 4.79 Å². The number of aromatic nitrogens is 2. The molecule has 0 atom stereocenters. The summed E-state index contributed by atoms with van der Waals surface area (Å²) >= 11 is 0. The molecule has 7 heteroatoms. The maximum atomic E-state index is 11.3. The summed E-state index contributed by atoms with van der Waals surface area (Å²) in [5.41, 5.74) is 2.13. The van der Waals surface area contributed by atoms with Crippen LogP contribution in [-0.4, -0.2) is 52.6 Å². The van der Waals surface area contributed by atoms with Crippen LogP contribution in [0, 0.1) is 0 Å². The molecule has 1 spiro atoms. The molecule has 2 aliphatic heterocycles. The van der Waals surface area contributed by atoms with E-state index >= 15 is 0 Å². The number of amides is 1. The molecule has 2 aromatic rings. The Morgan fingerprint density at radius 3 is 2.52 bits per heavy atom. The van der Waals surface area contributed by atoms with Crippen molar-refractivity contribution in [3.8, 4) is 0 Å². The summed E-state index contributed by atoms with van der Waals surface area (Å²) in [5, 5.41) is 6.18. The van der Waals surface area contributed by atoms with Crippen molar-refractivity contribution in [2.24, 2.45) is 0 Å². The minimum atomic E-state index is -0.174. The number of anilines is 1. The van der Waals surface area contributed by atoms with Crippen molar-refractivity contribution in [1.29, 1.82) is 0 Å². The van der Waals surface area contributed by atoms with Crippen LogP contribution in [0.15, 0.2) is 42.7 Å². The van der Waals surface area contributed by atoms with Gasteiger partial charge in [0.1, 0.15) is 6.61 Å². The van der Waals surface area contributed by atoms with Gasteiger partial charge in [0, 0.05) is 50.7 Å². The fourth-order valence-electron chi connectivity index (χ4n) is 3.58. The average molecular weight is 367 g/mol. The minimum absolute atomic E-state index is 0.0128. The molecular weight excluding hydrogens is 342 g/mol. The van der Waals surface area contributed by atoms with E-state index < -0.39 is 0 Å². The molecule has 0 saturated carbocycles. The first-order chi connectivity index (χ1) is 13.2. The van der Waals surface area contributed by atoms with Gasteiger partial charge in [0.15, 0.2) is 0 Å². The van der Waals surface area contributed by atoms with Crippen molar-refractivity contribution in [3.63, 3.8) is 0 Å². The molecule has 0 bridgehead atoms. The number of morpholine rings is 1. The smallest absolute Gasteiger partial charge is 0.246 e. The van der Waals surface area contributed by atoms with Crippen LogP contribution in [-0.2, 0) is 22.6 Å². The van der Waals surface area contributed by atoms with E-state index in [4.69, 9.17) is 4.74 Å². The van der Waals surface area contributed by atoms with Crippen molar-refractivity contribution >= 4 is 11.9 Å². The van der Waals surface area contributed by atoms with Crippen LogP contribution in [0.2, 0.25) is 0 Å². The third-order valence-corrected chi connectivity index (χ3v) is 5.29. The molecular formula is C20H25N5O2. The summed E-state index contributed by atoms with van der Waals surface area (Å²) in [5.74, 6) is 0.632. The molecule has 3 heterocycles. The first-order valence-electron chi connectivity index (χ1n) is 9.43. The largest absolute Gasteiger partial charge is 0.363 e. The van der Waals surface area contributed by atoms with Crippen LogP contribution in [0.5, 0.6) is 0 Å². The van der Waals surface area contributed by atoms with Crippen LogP contribution in [0.1, 0.15) is 24.0 Å². The maximum Gasteiger partial charge on any atom is 0.246 e. The molecule has 1 amide bonds. The normalized spacial score (nSPS) is 19.6. The maximum absolute atomic E-state index is 11.3. The summed E-state index contributed by atoms with van der Waals surface area (Å²) in [6.45, 7) is 4.26. The number of nitrogens with zero attached hydrogens (tertiary/aromatic N) is 3. The summed E-state index contributed by atoms with van der Waals surface area (Å²) in [7, 11) is 0. The van der Waals surface area contributed by atoms with Crippen LogP contribution in [0.25, 0.3) is 0 Å². The summed E-state index contributed by atoms with van der Waals surface area (Å²) in [6.07, 6.45) is 5.65. The Morgan fingerprint density at radius 2 is 1.85 bits per heavy atom. The number of nitrogens with one attached hydrogen (secondary N) is 2. The number of hydrogen-bond donors (Lipinski definition) is 2. The number of ether oxygens (including phenoxy) is 1. The van der Waals surface area contributed by atoms with Crippen molar-refractivity contribution in [3.05, 3.63) is 53.9 Å².